The number of anilines is 1. The van der Waals surface area contributed by atoms with Crippen molar-refractivity contribution in [2.45, 2.75) is 31.6 Å². The van der Waals surface area contributed by atoms with E-state index >= 15 is 0 Å². The minimum atomic E-state index is -0.771. The number of methoxy groups -OCH3 is 1. The summed E-state index contributed by atoms with van der Waals surface area (Å²) in [6, 6.07) is 4.03. The van der Waals surface area contributed by atoms with E-state index in [1.54, 1.807) is 6.20 Å². The van der Waals surface area contributed by atoms with Crippen molar-refractivity contribution in [1.82, 2.24) is 9.97 Å². The molecule has 0 aliphatic heterocycles. The molecule has 0 saturated heterocycles. The molecule has 2 N–H and O–H groups in total. The highest BCUT2D eigenvalue weighted by atomic mass is 19.1. The molecule has 0 spiro atoms. The summed E-state index contributed by atoms with van der Waals surface area (Å²) in [5.74, 6) is -0.846. The number of Topliss-reactive ketones (excluding diaryl/α,β-unsaturated/α-hetero) is 1. The van der Waals surface area contributed by atoms with Crippen LogP contribution in [0.15, 0.2) is 24.4 Å². The molecule has 2 aromatic rings. The third kappa shape index (κ3) is 3.50. The zero-order valence-corrected chi connectivity index (χ0v) is 13.8. The van der Waals surface area contributed by atoms with E-state index in [4.69, 9.17) is 5.73 Å². The van der Waals surface area contributed by atoms with Gasteiger partial charge in [0.2, 0.25) is 0 Å². The monoisotopic (exact) mass is 343 g/mol. The fourth-order valence-corrected chi connectivity index (χ4v) is 3.00. The van der Waals surface area contributed by atoms with Crippen LogP contribution in [-0.2, 0) is 9.53 Å². The standard InChI is InChI=1S/C18H18FN3O3/c1-25-18(24)13-8-11(4-7-14(13)19)16-17(20)21-9-15(22-16)10-2-5-12(23)6-3-10/h4,7-10H,2-3,5-6H2,1H3,(H2,20,21). The third-order valence-electron chi connectivity index (χ3n) is 4.43. The first-order valence-electron chi connectivity index (χ1n) is 8.02. The van der Waals surface area contributed by atoms with E-state index in [0.717, 1.165) is 18.5 Å². The molecule has 1 aromatic carbocycles. The van der Waals surface area contributed by atoms with Gasteiger partial charge in [0.25, 0.3) is 0 Å². The molecular formula is C18H18FN3O3. The van der Waals surface area contributed by atoms with Crippen LogP contribution in [0.25, 0.3) is 11.3 Å². The molecule has 1 saturated carbocycles. The molecule has 1 aliphatic carbocycles. The number of nitrogens with zero attached hydrogens (tertiary/aromatic N) is 2. The Morgan fingerprint density at radius 2 is 2.04 bits per heavy atom. The van der Waals surface area contributed by atoms with E-state index in [1.807, 2.05) is 0 Å². The highest BCUT2D eigenvalue weighted by Crippen LogP contribution is 2.32. The Morgan fingerprint density at radius 3 is 2.72 bits per heavy atom. The van der Waals surface area contributed by atoms with Crippen LogP contribution in [-0.4, -0.2) is 28.8 Å². The summed E-state index contributed by atoms with van der Waals surface area (Å²) < 4.78 is 18.4. The number of halogens is 1. The number of ketones is 1. The maximum Gasteiger partial charge on any atom is 0.340 e. The second-order valence-electron chi connectivity index (χ2n) is 6.03. The van der Waals surface area contributed by atoms with E-state index < -0.39 is 11.8 Å². The van der Waals surface area contributed by atoms with Crippen molar-refractivity contribution in [1.29, 1.82) is 0 Å². The average molecular weight is 343 g/mol. The summed E-state index contributed by atoms with van der Waals surface area (Å²) in [6.45, 7) is 0. The number of carbonyl (C=O) groups excluding carboxylic acids is 2. The lowest BCUT2D eigenvalue weighted by Gasteiger charge is -2.21. The van der Waals surface area contributed by atoms with Crippen molar-refractivity contribution >= 4 is 17.6 Å². The average Bonchev–Trinajstić information content (AvgIpc) is 2.63. The van der Waals surface area contributed by atoms with Gasteiger partial charge in [0, 0.05) is 24.3 Å². The van der Waals surface area contributed by atoms with Crippen molar-refractivity contribution in [3.05, 3.63) is 41.5 Å². The predicted octanol–water partition coefficient (Wildman–Crippen LogP) is 2.88. The van der Waals surface area contributed by atoms with Crippen molar-refractivity contribution in [2.24, 2.45) is 0 Å². The van der Waals surface area contributed by atoms with Crippen LogP contribution in [0.4, 0.5) is 10.2 Å². The molecule has 0 unspecified atom stereocenters. The minimum Gasteiger partial charge on any atom is -0.465 e. The lowest BCUT2D eigenvalue weighted by atomic mass is 9.86. The fourth-order valence-electron chi connectivity index (χ4n) is 3.00. The Hall–Kier alpha value is -2.83. The predicted molar refractivity (Wildman–Crippen MR) is 89.4 cm³/mol. The van der Waals surface area contributed by atoms with Crippen LogP contribution in [0, 0.1) is 5.82 Å². The first kappa shape index (κ1) is 17.0. The Bertz CT molecular complexity index is 828. The lowest BCUT2D eigenvalue weighted by molar-refractivity contribution is -0.120. The number of carbonyl (C=O) groups is 2. The number of aromatic nitrogens is 2. The van der Waals surface area contributed by atoms with E-state index in [2.05, 4.69) is 14.7 Å². The SMILES string of the molecule is COC(=O)c1cc(-c2nc(C3CCC(=O)CC3)cnc2N)ccc1F. The maximum absolute atomic E-state index is 13.8. The zero-order valence-electron chi connectivity index (χ0n) is 13.8. The number of esters is 1. The van der Waals surface area contributed by atoms with Crippen molar-refractivity contribution in [3.63, 3.8) is 0 Å². The van der Waals surface area contributed by atoms with Crippen LogP contribution in [0.5, 0.6) is 0 Å². The molecule has 7 heteroatoms. The Kier molecular flexibility index (Phi) is 4.74. The number of nitrogens with two attached hydrogens (primary N) is 1. The summed E-state index contributed by atoms with van der Waals surface area (Å²) in [5.41, 5.74) is 7.37. The van der Waals surface area contributed by atoms with E-state index in [9.17, 15) is 14.0 Å². The van der Waals surface area contributed by atoms with E-state index in [0.29, 0.717) is 24.1 Å². The second kappa shape index (κ2) is 6.96. The molecule has 1 aromatic heterocycles. The van der Waals surface area contributed by atoms with Gasteiger partial charge in [-0.3, -0.25) is 4.79 Å². The van der Waals surface area contributed by atoms with Gasteiger partial charge in [-0.05, 0) is 31.0 Å². The van der Waals surface area contributed by atoms with Gasteiger partial charge in [-0.25, -0.2) is 19.2 Å². The Morgan fingerprint density at radius 1 is 1.32 bits per heavy atom. The van der Waals surface area contributed by atoms with Crippen LogP contribution in [0.2, 0.25) is 0 Å². The highest BCUT2D eigenvalue weighted by Gasteiger charge is 2.23. The Balaban J connectivity index is 1.98. The maximum atomic E-state index is 13.8. The first-order valence-corrected chi connectivity index (χ1v) is 8.02. The fraction of sp³-hybridized carbons (Fsp3) is 0.333. The highest BCUT2D eigenvalue weighted by molar-refractivity contribution is 5.91. The molecule has 6 nitrogen and oxygen atoms in total. The van der Waals surface area contributed by atoms with Gasteiger partial charge in [-0.15, -0.1) is 0 Å². The molecular weight excluding hydrogens is 325 g/mol. The summed E-state index contributed by atoms with van der Waals surface area (Å²) in [7, 11) is 1.19. The topological polar surface area (TPSA) is 95.2 Å². The number of hydrogen-bond acceptors (Lipinski definition) is 6. The minimum absolute atomic E-state index is 0.144. The smallest absolute Gasteiger partial charge is 0.340 e. The molecule has 0 radical (unpaired) electrons. The summed E-state index contributed by atoms with van der Waals surface area (Å²) in [4.78, 5) is 31.9. The van der Waals surface area contributed by atoms with Crippen molar-refractivity contribution in [2.75, 3.05) is 12.8 Å². The van der Waals surface area contributed by atoms with Gasteiger partial charge in [0.05, 0.1) is 24.6 Å². The van der Waals surface area contributed by atoms with Gasteiger partial charge in [0.15, 0.2) is 0 Å². The molecule has 0 amide bonds. The summed E-state index contributed by atoms with van der Waals surface area (Å²) in [6.07, 6.45) is 4.15. The van der Waals surface area contributed by atoms with E-state index in [-0.39, 0.29) is 23.1 Å². The van der Waals surface area contributed by atoms with E-state index in [1.165, 1.54) is 25.3 Å². The number of rotatable bonds is 3. The summed E-state index contributed by atoms with van der Waals surface area (Å²) in [5, 5.41) is 0. The van der Waals surface area contributed by atoms with Gasteiger partial charge in [-0.1, -0.05) is 0 Å². The number of nitrogen functional groups attached to an aromatic ring is 1. The number of ether oxygens (including phenoxy) is 1. The second-order valence-corrected chi connectivity index (χ2v) is 6.03. The molecule has 3 rings (SSSR count). The molecule has 1 fully saturated rings. The van der Waals surface area contributed by atoms with Crippen LogP contribution in [0.1, 0.15) is 47.7 Å². The normalized spacial score (nSPS) is 15.2. The Labute approximate surface area is 144 Å². The quantitative estimate of drug-likeness (QED) is 0.861. The van der Waals surface area contributed by atoms with Crippen LogP contribution in [0.3, 0.4) is 0 Å². The third-order valence-corrected chi connectivity index (χ3v) is 4.43. The molecule has 0 bridgehead atoms. The molecule has 130 valence electrons. The van der Waals surface area contributed by atoms with Crippen LogP contribution < -0.4 is 5.73 Å². The van der Waals surface area contributed by atoms with Crippen molar-refractivity contribution < 1.29 is 18.7 Å². The van der Waals surface area contributed by atoms with Crippen LogP contribution >= 0.6 is 0 Å². The van der Waals surface area contributed by atoms with Gasteiger partial charge >= 0.3 is 5.97 Å². The molecule has 0 atom stereocenters. The first-order chi connectivity index (χ1) is 12.0. The number of hydrogen-bond donors (Lipinski definition) is 1. The number of benzene rings is 1. The summed E-state index contributed by atoms with van der Waals surface area (Å²) >= 11 is 0. The molecule has 1 aliphatic rings. The van der Waals surface area contributed by atoms with Crippen molar-refractivity contribution in [3.8, 4) is 11.3 Å². The largest absolute Gasteiger partial charge is 0.465 e. The van der Waals surface area contributed by atoms with Gasteiger partial charge < -0.3 is 10.5 Å². The molecule has 25 heavy (non-hydrogen) atoms. The zero-order chi connectivity index (χ0) is 18.0. The molecule has 1 heterocycles. The van der Waals surface area contributed by atoms with Gasteiger partial charge in [-0.2, -0.15) is 0 Å². The lowest BCUT2D eigenvalue weighted by Crippen LogP contribution is -2.14. The van der Waals surface area contributed by atoms with Gasteiger partial charge in [0.1, 0.15) is 23.1 Å².